The molecule has 0 radical (unpaired) electrons. The van der Waals surface area contributed by atoms with Crippen molar-refractivity contribution >= 4 is 35.8 Å². The molecule has 1 aromatic heterocycles. The number of fused-ring (bicyclic) bond motifs is 1. The third-order valence-electron chi connectivity index (χ3n) is 5.82. The van der Waals surface area contributed by atoms with E-state index in [1.807, 2.05) is 18.8 Å². The number of aromatic nitrogens is 3. The van der Waals surface area contributed by atoms with E-state index in [4.69, 9.17) is 9.73 Å². The monoisotopic (exact) mass is 562 g/mol. The van der Waals surface area contributed by atoms with E-state index in [-0.39, 0.29) is 42.0 Å². The molecule has 0 aliphatic carbocycles. The first-order chi connectivity index (χ1) is 15.0. The average molecular weight is 563 g/mol. The van der Waals surface area contributed by atoms with E-state index in [1.165, 1.54) is 0 Å². The molecule has 0 aromatic carbocycles. The summed E-state index contributed by atoms with van der Waals surface area (Å²) < 4.78 is 7.12. The largest absolute Gasteiger partial charge is 0.377 e. The number of nitrogens with zero attached hydrogens (tertiary/aromatic N) is 6. The van der Waals surface area contributed by atoms with Crippen molar-refractivity contribution < 1.29 is 9.53 Å². The molecule has 1 fully saturated rings. The number of rotatable bonds is 9. The van der Waals surface area contributed by atoms with Crippen LogP contribution in [0.1, 0.15) is 44.3 Å². The summed E-state index contributed by atoms with van der Waals surface area (Å²) in [7, 11) is 5.33. The topological polar surface area (TPSA) is 99.9 Å². The lowest BCUT2D eigenvalue weighted by Crippen LogP contribution is -2.47. The Hall–Kier alpha value is -1.47. The molecule has 1 saturated heterocycles. The van der Waals surface area contributed by atoms with E-state index in [0.29, 0.717) is 6.61 Å². The lowest BCUT2D eigenvalue weighted by atomic mass is 10.1. The highest BCUT2D eigenvalue weighted by Crippen LogP contribution is 2.19. The summed E-state index contributed by atoms with van der Waals surface area (Å²) >= 11 is 0. The van der Waals surface area contributed by atoms with Crippen LogP contribution in [-0.4, -0.2) is 95.9 Å². The smallest absolute Gasteiger partial charge is 0.239 e. The van der Waals surface area contributed by atoms with E-state index in [0.717, 1.165) is 82.4 Å². The fourth-order valence-electron chi connectivity index (χ4n) is 4.32. The van der Waals surface area contributed by atoms with Crippen molar-refractivity contribution in [3.05, 3.63) is 11.6 Å². The van der Waals surface area contributed by atoms with Crippen LogP contribution in [0.4, 0.5) is 0 Å². The Balaban J connectivity index is 0.00000363. The zero-order valence-electron chi connectivity index (χ0n) is 19.8. The predicted octanol–water partition coefficient (Wildman–Crippen LogP) is 0.855. The molecule has 182 valence electrons. The number of halogens is 1. The van der Waals surface area contributed by atoms with Crippen molar-refractivity contribution in [3.8, 4) is 0 Å². The Morgan fingerprint density at radius 3 is 2.88 bits per heavy atom. The van der Waals surface area contributed by atoms with E-state index in [9.17, 15) is 4.79 Å². The molecular formula is C21H39IN8O2. The molecule has 1 aromatic rings. The normalized spacial score (nSPS) is 21.1. The second-order valence-corrected chi connectivity index (χ2v) is 8.48. The number of likely N-dealkylation sites (tertiary alicyclic amines) is 1. The van der Waals surface area contributed by atoms with Gasteiger partial charge in [0.05, 0.1) is 12.6 Å². The van der Waals surface area contributed by atoms with Gasteiger partial charge in [0.1, 0.15) is 12.4 Å². The van der Waals surface area contributed by atoms with Crippen LogP contribution in [0.5, 0.6) is 0 Å². The van der Waals surface area contributed by atoms with Crippen LogP contribution < -0.4 is 10.6 Å². The first-order valence-corrected chi connectivity index (χ1v) is 11.4. The van der Waals surface area contributed by atoms with Gasteiger partial charge in [-0.15, -0.1) is 24.0 Å². The maximum absolute atomic E-state index is 12.3. The van der Waals surface area contributed by atoms with Gasteiger partial charge in [-0.05, 0) is 39.2 Å². The minimum Gasteiger partial charge on any atom is -0.377 e. The van der Waals surface area contributed by atoms with Gasteiger partial charge in [0.25, 0.3) is 0 Å². The fraction of sp³-hybridized carbons (Fsp3) is 0.810. The number of guanidine groups is 1. The van der Waals surface area contributed by atoms with Gasteiger partial charge in [-0.2, -0.15) is 5.10 Å². The summed E-state index contributed by atoms with van der Waals surface area (Å²) in [5, 5.41) is 11.4. The second-order valence-electron chi connectivity index (χ2n) is 8.48. The van der Waals surface area contributed by atoms with Crippen LogP contribution in [0, 0.1) is 0 Å². The van der Waals surface area contributed by atoms with Crippen molar-refractivity contribution in [2.75, 3.05) is 47.4 Å². The average Bonchev–Trinajstić information content (AvgIpc) is 3.37. The van der Waals surface area contributed by atoms with Crippen molar-refractivity contribution in [3.63, 3.8) is 0 Å². The van der Waals surface area contributed by atoms with E-state index in [1.54, 1.807) is 12.0 Å². The summed E-state index contributed by atoms with van der Waals surface area (Å²) in [4.78, 5) is 25.7. The Bertz CT molecular complexity index is 754. The molecular weight excluding hydrogens is 523 g/mol. The van der Waals surface area contributed by atoms with Gasteiger partial charge in [-0.3, -0.25) is 14.7 Å². The molecule has 10 nitrogen and oxygen atoms in total. The van der Waals surface area contributed by atoms with Gasteiger partial charge in [-0.1, -0.05) is 0 Å². The minimum atomic E-state index is 0. The highest BCUT2D eigenvalue weighted by molar-refractivity contribution is 14.0. The molecule has 11 heteroatoms. The van der Waals surface area contributed by atoms with Crippen LogP contribution in [0.25, 0.3) is 0 Å². The van der Waals surface area contributed by atoms with E-state index in [2.05, 4.69) is 32.5 Å². The summed E-state index contributed by atoms with van der Waals surface area (Å²) in [6, 6.07) is 0.301. The molecule has 3 heterocycles. The molecule has 0 bridgehead atoms. The first kappa shape index (κ1) is 26.8. The zero-order chi connectivity index (χ0) is 22.2. The number of aryl methyl sites for hydroxylation is 1. The fourth-order valence-corrected chi connectivity index (χ4v) is 4.32. The Morgan fingerprint density at radius 2 is 2.16 bits per heavy atom. The number of likely N-dealkylation sites (N-methyl/N-ethyl adjacent to an activating group) is 1. The van der Waals surface area contributed by atoms with E-state index < -0.39 is 0 Å². The van der Waals surface area contributed by atoms with Crippen molar-refractivity contribution in [2.24, 2.45) is 4.99 Å². The van der Waals surface area contributed by atoms with Gasteiger partial charge >= 0.3 is 0 Å². The quantitative estimate of drug-likeness (QED) is 0.199. The van der Waals surface area contributed by atoms with E-state index >= 15 is 0 Å². The number of carbonyl (C=O) groups is 1. The van der Waals surface area contributed by atoms with Gasteiger partial charge in [0.15, 0.2) is 11.8 Å². The molecule has 0 saturated carbocycles. The number of methoxy groups -OCH3 is 1. The molecule has 2 unspecified atom stereocenters. The lowest BCUT2D eigenvalue weighted by Gasteiger charge is -2.26. The standard InChI is InChI=1S/C21H38N8O2.HI/c1-5-22-21(23-11-7-13-28-12-6-8-17(28)20(30)27(2)3)24-16-9-10-19-25-18(15-31-4)26-29(19)14-16;/h16-17H,5-15H2,1-4H3,(H2,22,23,24);1H. The molecule has 3 rings (SSSR count). The maximum atomic E-state index is 12.3. The minimum absolute atomic E-state index is 0. The number of ether oxygens (including phenoxy) is 1. The van der Waals surface area contributed by atoms with Crippen LogP contribution in [0.2, 0.25) is 0 Å². The lowest BCUT2D eigenvalue weighted by molar-refractivity contribution is -0.133. The van der Waals surface area contributed by atoms with Crippen LogP contribution in [0.3, 0.4) is 0 Å². The number of carbonyl (C=O) groups excluding carboxylic acids is 1. The van der Waals surface area contributed by atoms with Gasteiger partial charge in [0.2, 0.25) is 5.91 Å². The van der Waals surface area contributed by atoms with Gasteiger partial charge in [0, 0.05) is 53.3 Å². The molecule has 2 N–H and O–H groups in total. The Kier molecular flexibility index (Phi) is 11.1. The number of aliphatic imine (C=N–C) groups is 1. The summed E-state index contributed by atoms with van der Waals surface area (Å²) in [6.07, 6.45) is 4.88. The molecule has 2 atom stereocenters. The summed E-state index contributed by atoms with van der Waals surface area (Å²) in [5.74, 6) is 2.83. The van der Waals surface area contributed by atoms with Crippen molar-refractivity contribution in [2.45, 2.75) is 64.3 Å². The third kappa shape index (κ3) is 7.27. The number of nitrogens with one attached hydrogen (secondary N) is 2. The summed E-state index contributed by atoms with van der Waals surface area (Å²) in [5.41, 5.74) is 0. The number of hydrogen-bond donors (Lipinski definition) is 2. The number of amides is 1. The summed E-state index contributed by atoms with van der Waals surface area (Å²) in [6.45, 7) is 6.75. The maximum Gasteiger partial charge on any atom is 0.239 e. The molecule has 2 aliphatic heterocycles. The molecule has 0 spiro atoms. The Labute approximate surface area is 208 Å². The van der Waals surface area contributed by atoms with Crippen molar-refractivity contribution in [1.29, 1.82) is 0 Å². The highest BCUT2D eigenvalue weighted by atomic mass is 127. The van der Waals surface area contributed by atoms with Crippen molar-refractivity contribution in [1.82, 2.24) is 35.2 Å². The Morgan fingerprint density at radius 1 is 1.34 bits per heavy atom. The molecule has 1 amide bonds. The van der Waals surface area contributed by atoms with Gasteiger partial charge < -0.3 is 20.3 Å². The second kappa shape index (κ2) is 13.3. The predicted molar refractivity (Wildman–Crippen MR) is 135 cm³/mol. The first-order valence-electron chi connectivity index (χ1n) is 11.4. The zero-order valence-corrected chi connectivity index (χ0v) is 22.2. The van der Waals surface area contributed by atoms with Crippen LogP contribution >= 0.6 is 24.0 Å². The molecule has 32 heavy (non-hydrogen) atoms. The SMILES string of the molecule is CCNC(=NCCCN1CCCC1C(=O)N(C)C)NC1CCc2nc(COC)nn2C1.I. The van der Waals surface area contributed by atoms with Gasteiger partial charge in [-0.25, -0.2) is 9.67 Å². The number of hydrogen-bond acceptors (Lipinski definition) is 6. The third-order valence-corrected chi connectivity index (χ3v) is 5.82. The van der Waals surface area contributed by atoms with Crippen LogP contribution in [-0.2, 0) is 29.1 Å². The highest BCUT2D eigenvalue weighted by Gasteiger charge is 2.31. The molecule has 2 aliphatic rings. The van der Waals surface area contributed by atoms with Crippen LogP contribution in [0.15, 0.2) is 4.99 Å².